The van der Waals surface area contributed by atoms with Crippen LogP contribution >= 0.6 is 23.1 Å². The Morgan fingerprint density at radius 3 is 2.50 bits per heavy atom. The van der Waals surface area contributed by atoms with Crippen LogP contribution in [0.15, 0.2) is 58.2 Å². The van der Waals surface area contributed by atoms with Gasteiger partial charge in [-0.05, 0) is 56.2 Å². The second-order valence-corrected chi connectivity index (χ2v) is 11.2. The van der Waals surface area contributed by atoms with E-state index >= 15 is 0 Å². The number of thioether (sulfide) groups is 1. The number of thiophene rings is 1. The Hall–Kier alpha value is -1.61. The summed E-state index contributed by atoms with van der Waals surface area (Å²) in [6.45, 7) is 7.13. The van der Waals surface area contributed by atoms with Gasteiger partial charge in [0.2, 0.25) is 10.0 Å². The van der Waals surface area contributed by atoms with Crippen molar-refractivity contribution in [1.29, 1.82) is 0 Å². The molecule has 0 bridgehead atoms. The largest absolute Gasteiger partial charge is 0.459 e. The molecule has 0 aliphatic carbocycles. The summed E-state index contributed by atoms with van der Waals surface area (Å²) in [7, 11) is -3.88. The van der Waals surface area contributed by atoms with Crippen molar-refractivity contribution in [2.75, 3.05) is 0 Å². The number of nitrogens with one attached hydrogen (secondary N) is 1. The molecule has 1 N–H and O–H groups in total. The van der Waals surface area contributed by atoms with Crippen LogP contribution in [-0.4, -0.2) is 25.2 Å². The number of hydrogen-bond donors (Lipinski definition) is 1. The molecular formula is C20H23NO4S3. The van der Waals surface area contributed by atoms with Gasteiger partial charge < -0.3 is 4.74 Å². The first kappa shape index (κ1) is 21.1. The number of sulfonamides is 1. The molecule has 0 amide bonds. The molecular weight excluding hydrogens is 414 g/mol. The summed E-state index contributed by atoms with van der Waals surface area (Å²) in [5, 5.41) is 2.86. The molecule has 0 saturated heterocycles. The lowest BCUT2D eigenvalue weighted by molar-refractivity contribution is -0.155. The van der Waals surface area contributed by atoms with Gasteiger partial charge in [-0.15, -0.1) is 23.1 Å². The summed E-state index contributed by atoms with van der Waals surface area (Å²) in [6.07, 6.45) is 1.74. The fraction of sp³-hybridized carbons (Fsp3) is 0.350. The molecule has 2 aromatic rings. The second-order valence-electron chi connectivity index (χ2n) is 7.57. The van der Waals surface area contributed by atoms with E-state index in [1.165, 1.54) is 23.1 Å². The lowest BCUT2D eigenvalue weighted by Gasteiger charge is -2.34. The molecule has 150 valence electrons. The lowest BCUT2D eigenvalue weighted by Crippen LogP contribution is -2.53. The summed E-state index contributed by atoms with van der Waals surface area (Å²) in [4.78, 5) is 13.9. The Labute approximate surface area is 174 Å². The molecule has 8 heteroatoms. The third-order valence-electron chi connectivity index (χ3n) is 4.20. The highest BCUT2D eigenvalue weighted by atomic mass is 32.2. The van der Waals surface area contributed by atoms with Gasteiger partial charge in [0.1, 0.15) is 16.4 Å². The molecule has 1 aromatic carbocycles. The molecule has 1 aliphatic rings. The number of aryl methyl sites for hydroxylation is 1. The van der Waals surface area contributed by atoms with E-state index in [0.29, 0.717) is 5.56 Å². The number of carbonyl (C=O) groups excluding carboxylic acids is 1. The Morgan fingerprint density at radius 1 is 1.18 bits per heavy atom. The Balaban J connectivity index is 2.06. The first-order valence-corrected chi connectivity index (χ1v) is 12.1. The first-order valence-electron chi connectivity index (χ1n) is 8.75. The van der Waals surface area contributed by atoms with Crippen molar-refractivity contribution in [2.45, 2.75) is 49.0 Å². The normalized spacial score (nSPS) is 22.4. The zero-order chi connectivity index (χ0) is 20.6. The maximum absolute atomic E-state index is 13.3. The van der Waals surface area contributed by atoms with Crippen LogP contribution in [-0.2, 0) is 25.1 Å². The number of benzene rings is 1. The van der Waals surface area contributed by atoms with Crippen LogP contribution in [0.5, 0.6) is 0 Å². The molecule has 2 heterocycles. The van der Waals surface area contributed by atoms with Gasteiger partial charge in [-0.25, -0.2) is 8.42 Å². The van der Waals surface area contributed by atoms with Crippen molar-refractivity contribution in [2.24, 2.45) is 0 Å². The number of ether oxygens (including phenoxy) is 1. The summed E-state index contributed by atoms with van der Waals surface area (Å²) in [5.41, 5.74) is -1.24. The van der Waals surface area contributed by atoms with Crippen LogP contribution in [0.1, 0.15) is 31.2 Å². The molecule has 1 aromatic heterocycles. The lowest BCUT2D eigenvalue weighted by atomic mass is 9.94. The zero-order valence-electron chi connectivity index (χ0n) is 16.1. The molecule has 0 fully saturated rings. The first-order chi connectivity index (χ1) is 13.1. The van der Waals surface area contributed by atoms with Crippen molar-refractivity contribution in [3.8, 4) is 0 Å². The maximum Gasteiger partial charge on any atom is 0.322 e. The number of hydrogen-bond acceptors (Lipinski definition) is 6. The van der Waals surface area contributed by atoms with Gasteiger partial charge >= 0.3 is 5.97 Å². The SMILES string of the molecule is Cc1ccccc1S(=O)(=O)NC1(c2cccs2)C=CSC1C(=O)OC(C)(C)C. The predicted molar refractivity (Wildman–Crippen MR) is 114 cm³/mol. The van der Waals surface area contributed by atoms with E-state index in [2.05, 4.69) is 4.72 Å². The van der Waals surface area contributed by atoms with Gasteiger partial charge in [0.25, 0.3) is 0 Å². The molecule has 2 unspecified atom stereocenters. The van der Waals surface area contributed by atoms with E-state index in [-0.39, 0.29) is 4.90 Å². The summed E-state index contributed by atoms with van der Waals surface area (Å²) in [5.74, 6) is -0.455. The highest BCUT2D eigenvalue weighted by molar-refractivity contribution is 8.03. The molecule has 5 nitrogen and oxygen atoms in total. The fourth-order valence-corrected chi connectivity index (χ4v) is 6.81. The van der Waals surface area contributed by atoms with E-state index in [1.54, 1.807) is 63.4 Å². The predicted octanol–water partition coefficient (Wildman–Crippen LogP) is 4.20. The Kier molecular flexibility index (Phi) is 5.78. The van der Waals surface area contributed by atoms with Gasteiger partial charge in [-0.3, -0.25) is 4.79 Å². The molecule has 0 radical (unpaired) electrons. The van der Waals surface area contributed by atoms with E-state index in [4.69, 9.17) is 4.74 Å². The summed E-state index contributed by atoms with van der Waals surface area (Å²) in [6, 6.07) is 10.5. The van der Waals surface area contributed by atoms with E-state index in [0.717, 1.165) is 4.88 Å². The molecule has 1 aliphatic heterocycles. The molecule has 0 saturated carbocycles. The van der Waals surface area contributed by atoms with Gasteiger partial charge in [-0.2, -0.15) is 4.72 Å². The smallest absolute Gasteiger partial charge is 0.322 e. The van der Waals surface area contributed by atoms with Crippen LogP contribution in [0.2, 0.25) is 0 Å². The quantitative estimate of drug-likeness (QED) is 0.710. The van der Waals surface area contributed by atoms with Crippen molar-refractivity contribution in [3.63, 3.8) is 0 Å². The van der Waals surface area contributed by atoms with Crippen LogP contribution in [0, 0.1) is 6.92 Å². The standard InChI is InChI=1S/C20H23NO4S3/c1-14-8-5-6-9-15(14)28(23,24)21-20(16-10-7-12-26-16)11-13-27-17(20)18(22)25-19(2,3)4/h5-13,17,21H,1-4H3. The van der Waals surface area contributed by atoms with Crippen LogP contribution < -0.4 is 4.72 Å². The average molecular weight is 438 g/mol. The minimum Gasteiger partial charge on any atom is -0.459 e. The molecule has 0 spiro atoms. The summed E-state index contributed by atoms with van der Waals surface area (Å²) >= 11 is 2.66. The van der Waals surface area contributed by atoms with Gasteiger partial charge in [0.15, 0.2) is 0 Å². The summed E-state index contributed by atoms with van der Waals surface area (Å²) < 4.78 is 34.9. The number of esters is 1. The van der Waals surface area contributed by atoms with Crippen LogP contribution in [0.4, 0.5) is 0 Å². The minimum atomic E-state index is -3.88. The van der Waals surface area contributed by atoms with Crippen molar-refractivity contribution >= 4 is 39.1 Å². The van der Waals surface area contributed by atoms with Crippen LogP contribution in [0.25, 0.3) is 0 Å². The monoisotopic (exact) mass is 437 g/mol. The van der Waals surface area contributed by atoms with E-state index in [1.807, 2.05) is 17.5 Å². The van der Waals surface area contributed by atoms with Crippen LogP contribution in [0.3, 0.4) is 0 Å². The van der Waals surface area contributed by atoms with Crippen molar-refractivity contribution in [3.05, 3.63) is 63.7 Å². The Bertz CT molecular complexity index is 991. The maximum atomic E-state index is 13.3. The average Bonchev–Trinajstić information content (AvgIpc) is 3.23. The highest BCUT2D eigenvalue weighted by Gasteiger charge is 2.51. The van der Waals surface area contributed by atoms with Gasteiger partial charge in [0, 0.05) is 4.88 Å². The highest BCUT2D eigenvalue weighted by Crippen LogP contribution is 2.45. The second kappa shape index (κ2) is 7.67. The van der Waals surface area contributed by atoms with E-state index in [9.17, 15) is 13.2 Å². The minimum absolute atomic E-state index is 0.194. The van der Waals surface area contributed by atoms with Gasteiger partial charge in [-0.1, -0.05) is 30.3 Å². The third kappa shape index (κ3) is 4.20. The van der Waals surface area contributed by atoms with Crippen molar-refractivity contribution in [1.82, 2.24) is 4.72 Å². The van der Waals surface area contributed by atoms with Gasteiger partial charge in [0.05, 0.1) is 4.90 Å². The Morgan fingerprint density at radius 2 is 1.89 bits per heavy atom. The molecule has 28 heavy (non-hydrogen) atoms. The topological polar surface area (TPSA) is 72.5 Å². The molecule has 2 atom stereocenters. The number of rotatable bonds is 5. The third-order valence-corrected chi connectivity index (χ3v) is 7.99. The zero-order valence-corrected chi connectivity index (χ0v) is 18.6. The fourth-order valence-electron chi connectivity index (χ4n) is 3.02. The van der Waals surface area contributed by atoms with Crippen molar-refractivity contribution < 1.29 is 17.9 Å². The van der Waals surface area contributed by atoms with E-state index < -0.39 is 32.4 Å². The number of carbonyl (C=O) groups is 1. The molecule has 3 rings (SSSR count).